The molecule has 4 aromatic rings. The number of benzene rings is 3. The first kappa shape index (κ1) is 24.3. The van der Waals surface area contributed by atoms with E-state index in [1.807, 2.05) is 54.7 Å². The smallest absolute Gasteiger partial charge is 0.325 e. The van der Waals surface area contributed by atoms with E-state index in [9.17, 15) is 4.79 Å². The van der Waals surface area contributed by atoms with Gasteiger partial charge < -0.3 is 14.6 Å². The second-order valence-corrected chi connectivity index (χ2v) is 9.48. The number of ether oxygens (including phenoxy) is 1. The fourth-order valence-electron chi connectivity index (χ4n) is 3.52. The van der Waals surface area contributed by atoms with Gasteiger partial charge in [0.1, 0.15) is 12.4 Å². The van der Waals surface area contributed by atoms with Crippen molar-refractivity contribution >= 4 is 50.8 Å². The maximum absolute atomic E-state index is 11.3. The molecule has 34 heavy (non-hydrogen) atoms. The number of nitrogens with one attached hydrogen (secondary N) is 1. The Morgan fingerprint density at radius 3 is 2.41 bits per heavy atom. The molecule has 8 heteroatoms. The van der Waals surface area contributed by atoms with E-state index in [1.165, 1.54) is 7.11 Å². The summed E-state index contributed by atoms with van der Waals surface area (Å²) in [5.41, 5.74) is 4.75. The average Bonchev–Trinajstić information content (AvgIpc) is 3.21. The summed E-state index contributed by atoms with van der Waals surface area (Å²) in [6, 6.07) is 21.6. The van der Waals surface area contributed by atoms with Crippen LogP contribution >= 0.6 is 39.1 Å². The van der Waals surface area contributed by atoms with Crippen LogP contribution in [-0.4, -0.2) is 29.2 Å². The van der Waals surface area contributed by atoms with E-state index >= 15 is 0 Å². The molecule has 1 N–H and O–H groups in total. The van der Waals surface area contributed by atoms with Gasteiger partial charge in [0, 0.05) is 39.9 Å². The van der Waals surface area contributed by atoms with Gasteiger partial charge in [-0.05, 0) is 53.6 Å². The van der Waals surface area contributed by atoms with Gasteiger partial charge in [-0.3, -0.25) is 4.79 Å². The quantitative estimate of drug-likeness (QED) is 0.240. The number of imidazole rings is 1. The zero-order chi connectivity index (χ0) is 24.1. The summed E-state index contributed by atoms with van der Waals surface area (Å²) in [6.45, 7) is 0.765. The van der Waals surface area contributed by atoms with Crippen LogP contribution in [0.3, 0.4) is 0 Å². The van der Waals surface area contributed by atoms with Gasteiger partial charge in [-0.15, -0.1) is 0 Å². The fourth-order valence-corrected chi connectivity index (χ4v) is 4.28. The van der Waals surface area contributed by atoms with Crippen molar-refractivity contribution in [1.29, 1.82) is 0 Å². The molecule has 0 saturated heterocycles. The average molecular weight is 559 g/mol. The van der Waals surface area contributed by atoms with Crippen molar-refractivity contribution in [1.82, 2.24) is 9.55 Å². The minimum absolute atomic E-state index is 0.125. The molecule has 0 unspecified atom stereocenters. The lowest BCUT2D eigenvalue weighted by Crippen LogP contribution is -2.14. The number of methoxy groups -OCH3 is 1. The normalized spacial score (nSPS) is 10.8. The Bertz CT molecular complexity index is 1290. The molecule has 0 aliphatic heterocycles. The maximum atomic E-state index is 11.3. The van der Waals surface area contributed by atoms with Gasteiger partial charge >= 0.3 is 5.97 Å². The second kappa shape index (κ2) is 11.1. The fraction of sp³-hybridized carbons (Fsp3) is 0.154. The minimum atomic E-state index is -0.312. The van der Waals surface area contributed by atoms with Crippen molar-refractivity contribution in [3.63, 3.8) is 0 Å². The predicted molar refractivity (Wildman–Crippen MR) is 141 cm³/mol. The Morgan fingerprint density at radius 2 is 1.74 bits per heavy atom. The molecule has 0 fully saturated rings. The minimum Gasteiger partial charge on any atom is -0.468 e. The molecule has 0 aliphatic carbocycles. The molecule has 1 heterocycles. The number of rotatable bonds is 8. The van der Waals surface area contributed by atoms with Crippen LogP contribution in [0, 0.1) is 0 Å². The van der Waals surface area contributed by atoms with E-state index in [0.29, 0.717) is 23.0 Å². The molecular weight excluding hydrogens is 537 g/mol. The van der Waals surface area contributed by atoms with Gasteiger partial charge in [0.05, 0.1) is 17.8 Å². The molecule has 0 radical (unpaired) electrons. The first-order valence-corrected chi connectivity index (χ1v) is 12.1. The Kier molecular flexibility index (Phi) is 7.93. The zero-order valence-corrected chi connectivity index (χ0v) is 21.5. The highest BCUT2D eigenvalue weighted by Gasteiger charge is 2.14. The molecule has 0 aliphatic rings. The summed E-state index contributed by atoms with van der Waals surface area (Å²) in [5, 5.41) is 4.20. The number of carbonyl (C=O) groups is 1. The Balaban J connectivity index is 1.61. The van der Waals surface area contributed by atoms with Crippen molar-refractivity contribution in [2.45, 2.75) is 13.0 Å². The van der Waals surface area contributed by atoms with Crippen molar-refractivity contribution in [2.75, 3.05) is 19.0 Å². The number of esters is 1. The third-order valence-corrected chi connectivity index (χ3v) is 6.39. The van der Waals surface area contributed by atoms with Gasteiger partial charge in [0.15, 0.2) is 0 Å². The molecule has 0 saturated carbocycles. The molecule has 3 aromatic carbocycles. The molecule has 4 rings (SSSR count). The summed E-state index contributed by atoms with van der Waals surface area (Å²) in [7, 11) is 1.37. The van der Waals surface area contributed by atoms with E-state index in [0.717, 1.165) is 38.4 Å². The van der Waals surface area contributed by atoms with Crippen LogP contribution in [0.25, 0.3) is 11.3 Å². The van der Waals surface area contributed by atoms with E-state index in [4.69, 9.17) is 28.2 Å². The third-order valence-electron chi connectivity index (χ3n) is 5.31. The van der Waals surface area contributed by atoms with Gasteiger partial charge in [0.25, 0.3) is 0 Å². The van der Waals surface area contributed by atoms with Crippen LogP contribution in [0.5, 0.6) is 0 Å². The largest absolute Gasteiger partial charge is 0.468 e. The van der Waals surface area contributed by atoms with Gasteiger partial charge in [-0.2, -0.15) is 0 Å². The molecule has 5 nitrogen and oxygen atoms in total. The molecule has 0 spiro atoms. The lowest BCUT2D eigenvalue weighted by molar-refractivity contribution is -0.138. The van der Waals surface area contributed by atoms with E-state index in [2.05, 4.69) is 42.7 Å². The van der Waals surface area contributed by atoms with Crippen LogP contribution in [0.15, 0.2) is 77.4 Å². The number of hydrogen-bond donors (Lipinski definition) is 1. The van der Waals surface area contributed by atoms with Crippen LogP contribution in [0.2, 0.25) is 10.0 Å². The van der Waals surface area contributed by atoms with Crippen LogP contribution in [0.1, 0.15) is 17.0 Å². The summed E-state index contributed by atoms with van der Waals surface area (Å²) >= 11 is 16.0. The van der Waals surface area contributed by atoms with Gasteiger partial charge in [0.2, 0.25) is 0 Å². The first-order valence-electron chi connectivity index (χ1n) is 10.6. The second-order valence-electron chi connectivity index (χ2n) is 7.72. The number of carbonyl (C=O) groups excluding carboxylic acids is 1. The van der Waals surface area contributed by atoms with Crippen molar-refractivity contribution < 1.29 is 9.53 Å². The van der Waals surface area contributed by atoms with Crippen LogP contribution in [0.4, 0.5) is 5.69 Å². The predicted octanol–water partition coefficient (Wildman–Crippen LogP) is 6.84. The van der Waals surface area contributed by atoms with Crippen molar-refractivity contribution in [3.8, 4) is 11.3 Å². The van der Waals surface area contributed by atoms with E-state index in [1.54, 1.807) is 6.07 Å². The van der Waals surface area contributed by atoms with Crippen LogP contribution in [-0.2, 0) is 22.5 Å². The first-order chi connectivity index (χ1) is 16.4. The number of halogens is 3. The Morgan fingerprint density at radius 1 is 1.03 bits per heavy atom. The van der Waals surface area contributed by atoms with E-state index < -0.39 is 0 Å². The molecule has 0 atom stereocenters. The zero-order valence-electron chi connectivity index (χ0n) is 18.4. The SMILES string of the molecule is COC(=O)CNc1ccc(Cn2cc(-c3ccc(Cl)cc3Cl)nc2Cc2ccc(Br)cc2)cc1. The number of aromatic nitrogens is 2. The lowest BCUT2D eigenvalue weighted by Gasteiger charge is -2.10. The summed E-state index contributed by atoms with van der Waals surface area (Å²) in [5.74, 6) is 0.615. The molecule has 1 aromatic heterocycles. The summed E-state index contributed by atoms with van der Waals surface area (Å²) in [4.78, 5) is 16.3. The number of anilines is 1. The monoisotopic (exact) mass is 557 g/mol. The molecule has 0 bridgehead atoms. The summed E-state index contributed by atoms with van der Waals surface area (Å²) in [6.07, 6.45) is 2.70. The van der Waals surface area contributed by atoms with Gasteiger partial charge in [-0.1, -0.05) is 63.4 Å². The summed E-state index contributed by atoms with van der Waals surface area (Å²) < 4.78 is 7.84. The Labute approximate surface area is 216 Å². The third kappa shape index (κ3) is 6.20. The van der Waals surface area contributed by atoms with Crippen LogP contribution < -0.4 is 5.32 Å². The highest BCUT2D eigenvalue weighted by Crippen LogP contribution is 2.30. The highest BCUT2D eigenvalue weighted by molar-refractivity contribution is 9.10. The topological polar surface area (TPSA) is 56.1 Å². The maximum Gasteiger partial charge on any atom is 0.325 e. The molecule has 174 valence electrons. The highest BCUT2D eigenvalue weighted by atomic mass is 79.9. The van der Waals surface area contributed by atoms with Crippen molar-refractivity contribution in [3.05, 3.63) is 104 Å². The van der Waals surface area contributed by atoms with Gasteiger partial charge in [-0.25, -0.2) is 4.98 Å². The van der Waals surface area contributed by atoms with Crippen molar-refractivity contribution in [2.24, 2.45) is 0 Å². The lowest BCUT2D eigenvalue weighted by atomic mass is 10.1. The molecule has 0 amide bonds. The standard InChI is InChI=1S/C26H22BrCl2N3O2/c1-34-26(33)14-30-21-9-4-18(5-10-21)15-32-16-24(22-11-8-20(28)13-23(22)29)31-25(32)12-17-2-6-19(27)7-3-17/h2-11,13,16,30H,12,14-15H2,1H3. The molecular formula is C26H22BrCl2N3O2. The number of nitrogens with zero attached hydrogens (tertiary/aromatic N) is 2. The van der Waals surface area contributed by atoms with E-state index in [-0.39, 0.29) is 12.5 Å². The number of hydrogen-bond acceptors (Lipinski definition) is 4. The Hall–Kier alpha value is -2.80.